The molecular formula is C12H21N3O2S. The lowest BCUT2D eigenvalue weighted by Crippen LogP contribution is -2.57. The average Bonchev–Trinajstić information content (AvgIpc) is 2.92. The molecule has 2 atom stereocenters. The van der Waals surface area contributed by atoms with E-state index in [1.165, 1.54) is 0 Å². The molecule has 18 heavy (non-hydrogen) atoms. The molecule has 0 radical (unpaired) electrons. The van der Waals surface area contributed by atoms with Crippen molar-refractivity contribution in [1.29, 1.82) is 0 Å². The quantitative estimate of drug-likeness (QED) is 0.864. The summed E-state index contributed by atoms with van der Waals surface area (Å²) in [4.78, 5) is 3.17. The van der Waals surface area contributed by atoms with E-state index in [-0.39, 0.29) is 12.1 Å². The predicted molar refractivity (Wildman–Crippen MR) is 70.8 cm³/mol. The standard InChI is InChI=1S/C12H21N3O2S/c1-3-10-9-15(11(4-2)7-14-10)18(16,17)12-5-6-13-8-12/h5-6,8,10-11,13-14H,3-4,7,9H2,1-2H3. The van der Waals surface area contributed by atoms with Gasteiger partial charge in [-0.2, -0.15) is 4.31 Å². The Kier molecular flexibility index (Phi) is 4.09. The minimum absolute atomic E-state index is 0.0488. The average molecular weight is 271 g/mol. The minimum atomic E-state index is -3.36. The molecule has 0 spiro atoms. The van der Waals surface area contributed by atoms with Crippen LogP contribution in [0.2, 0.25) is 0 Å². The van der Waals surface area contributed by atoms with Gasteiger partial charge in [-0.25, -0.2) is 8.42 Å². The maximum atomic E-state index is 12.6. The van der Waals surface area contributed by atoms with Crippen LogP contribution in [0.1, 0.15) is 26.7 Å². The van der Waals surface area contributed by atoms with Gasteiger partial charge in [0.15, 0.2) is 0 Å². The van der Waals surface area contributed by atoms with Crippen LogP contribution >= 0.6 is 0 Å². The van der Waals surface area contributed by atoms with E-state index in [0.717, 1.165) is 19.4 Å². The molecule has 2 rings (SSSR count). The fourth-order valence-corrected chi connectivity index (χ4v) is 4.08. The molecule has 1 aliphatic heterocycles. The lowest BCUT2D eigenvalue weighted by atomic mass is 10.1. The number of nitrogens with zero attached hydrogens (tertiary/aromatic N) is 1. The summed E-state index contributed by atoms with van der Waals surface area (Å²) in [6, 6.07) is 1.92. The van der Waals surface area contributed by atoms with Gasteiger partial charge in [-0.05, 0) is 18.9 Å². The second-order valence-corrected chi connectivity index (χ2v) is 6.59. The summed E-state index contributed by atoms with van der Waals surface area (Å²) < 4.78 is 26.8. The number of hydrogen-bond acceptors (Lipinski definition) is 3. The van der Waals surface area contributed by atoms with Crippen molar-refractivity contribution in [1.82, 2.24) is 14.6 Å². The van der Waals surface area contributed by atoms with Crippen molar-refractivity contribution in [3.05, 3.63) is 18.5 Å². The number of aromatic amines is 1. The van der Waals surface area contributed by atoms with Gasteiger partial charge in [0.1, 0.15) is 0 Å². The zero-order valence-corrected chi connectivity index (χ0v) is 11.7. The van der Waals surface area contributed by atoms with Gasteiger partial charge in [-0.1, -0.05) is 13.8 Å². The summed E-state index contributed by atoms with van der Waals surface area (Å²) in [5, 5.41) is 3.40. The summed E-state index contributed by atoms with van der Waals surface area (Å²) in [5.74, 6) is 0. The molecule has 102 valence electrons. The molecule has 0 aliphatic carbocycles. The van der Waals surface area contributed by atoms with Crippen molar-refractivity contribution < 1.29 is 8.42 Å². The SMILES string of the molecule is CCC1CN(S(=O)(=O)c2cc[nH]c2)C(CC)CN1. The highest BCUT2D eigenvalue weighted by Crippen LogP contribution is 2.22. The Balaban J connectivity index is 2.28. The molecule has 5 nitrogen and oxygen atoms in total. The van der Waals surface area contributed by atoms with Gasteiger partial charge < -0.3 is 10.3 Å². The van der Waals surface area contributed by atoms with Crippen molar-refractivity contribution >= 4 is 10.0 Å². The number of piperazine rings is 1. The molecule has 1 aromatic heterocycles. The van der Waals surface area contributed by atoms with E-state index in [9.17, 15) is 8.42 Å². The van der Waals surface area contributed by atoms with E-state index in [1.54, 1.807) is 22.8 Å². The van der Waals surface area contributed by atoms with Crippen molar-refractivity contribution in [3.63, 3.8) is 0 Å². The van der Waals surface area contributed by atoms with Gasteiger partial charge in [0.05, 0.1) is 4.90 Å². The number of H-pyrrole nitrogens is 1. The Morgan fingerprint density at radius 1 is 1.39 bits per heavy atom. The molecule has 1 aromatic rings. The molecule has 0 aromatic carbocycles. The highest BCUT2D eigenvalue weighted by atomic mass is 32.2. The summed E-state index contributed by atoms with van der Waals surface area (Å²) in [5.41, 5.74) is 0. The van der Waals surface area contributed by atoms with Crippen molar-refractivity contribution in [2.24, 2.45) is 0 Å². The number of rotatable bonds is 4. The second-order valence-electron chi connectivity index (χ2n) is 4.70. The minimum Gasteiger partial charge on any atom is -0.366 e. The molecule has 1 aliphatic rings. The summed E-state index contributed by atoms with van der Waals surface area (Å²) in [7, 11) is -3.36. The molecule has 0 bridgehead atoms. The zero-order valence-electron chi connectivity index (χ0n) is 10.9. The van der Waals surface area contributed by atoms with Crippen LogP contribution in [0, 0.1) is 0 Å². The van der Waals surface area contributed by atoms with Crippen molar-refractivity contribution in [2.45, 2.75) is 43.7 Å². The van der Waals surface area contributed by atoms with Crippen LogP contribution in [0.25, 0.3) is 0 Å². The van der Waals surface area contributed by atoms with Crippen LogP contribution in [-0.2, 0) is 10.0 Å². The second kappa shape index (κ2) is 5.42. The Morgan fingerprint density at radius 3 is 2.72 bits per heavy atom. The maximum absolute atomic E-state index is 12.6. The van der Waals surface area contributed by atoms with Gasteiger partial charge in [0.2, 0.25) is 10.0 Å². The van der Waals surface area contributed by atoms with E-state index in [2.05, 4.69) is 17.2 Å². The predicted octanol–water partition coefficient (Wildman–Crippen LogP) is 1.17. The smallest absolute Gasteiger partial charge is 0.244 e. The number of aromatic nitrogens is 1. The summed E-state index contributed by atoms with van der Waals surface area (Å²) in [6.07, 6.45) is 4.96. The number of sulfonamides is 1. The third-order valence-corrected chi connectivity index (χ3v) is 5.50. The molecule has 1 saturated heterocycles. The lowest BCUT2D eigenvalue weighted by molar-refractivity contribution is 0.215. The molecule has 2 N–H and O–H groups in total. The number of hydrogen-bond donors (Lipinski definition) is 2. The summed E-state index contributed by atoms with van der Waals surface area (Å²) >= 11 is 0. The monoisotopic (exact) mass is 271 g/mol. The van der Waals surface area contributed by atoms with E-state index < -0.39 is 10.0 Å². The number of nitrogens with one attached hydrogen (secondary N) is 2. The third kappa shape index (κ3) is 2.46. The molecule has 2 heterocycles. The maximum Gasteiger partial charge on any atom is 0.244 e. The highest BCUT2D eigenvalue weighted by molar-refractivity contribution is 7.89. The molecule has 0 amide bonds. The van der Waals surface area contributed by atoms with Crippen LogP contribution in [0.15, 0.2) is 23.4 Å². The highest BCUT2D eigenvalue weighted by Gasteiger charge is 2.35. The molecule has 0 saturated carbocycles. The van der Waals surface area contributed by atoms with E-state index in [0.29, 0.717) is 11.4 Å². The first-order valence-corrected chi connectivity index (χ1v) is 7.91. The Labute approximate surface area is 109 Å². The summed E-state index contributed by atoms with van der Waals surface area (Å²) in [6.45, 7) is 5.39. The van der Waals surface area contributed by atoms with Crippen LogP contribution < -0.4 is 5.32 Å². The molecule has 6 heteroatoms. The Hall–Kier alpha value is -0.850. The first-order chi connectivity index (χ1) is 8.59. The van der Waals surface area contributed by atoms with Crippen molar-refractivity contribution in [3.8, 4) is 0 Å². The van der Waals surface area contributed by atoms with Gasteiger partial charge in [0.25, 0.3) is 0 Å². The zero-order chi connectivity index (χ0) is 13.2. The molecule has 2 unspecified atom stereocenters. The normalized spacial score (nSPS) is 26.3. The van der Waals surface area contributed by atoms with Crippen LogP contribution in [0.5, 0.6) is 0 Å². The Morgan fingerprint density at radius 2 is 2.17 bits per heavy atom. The van der Waals surface area contributed by atoms with Crippen molar-refractivity contribution in [2.75, 3.05) is 13.1 Å². The van der Waals surface area contributed by atoms with E-state index in [4.69, 9.17) is 0 Å². The first kappa shape index (κ1) is 13.6. The first-order valence-electron chi connectivity index (χ1n) is 6.47. The van der Waals surface area contributed by atoms with Gasteiger partial charge >= 0.3 is 0 Å². The third-order valence-electron chi connectivity index (χ3n) is 3.59. The van der Waals surface area contributed by atoms with Gasteiger partial charge in [-0.15, -0.1) is 0 Å². The van der Waals surface area contributed by atoms with E-state index >= 15 is 0 Å². The van der Waals surface area contributed by atoms with Crippen LogP contribution in [0.3, 0.4) is 0 Å². The topological polar surface area (TPSA) is 65.2 Å². The lowest BCUT2D eigenvalue weighted by Gasteiger charge is -2.38. The molecule has 1 fully saturated rings. The molecular weight excluding hydrogens is 250 g/mol. The fraction of sp³-hybridized carbons (Fsp3) is 0.667. The van der Waals surface area contributed by atoms with Gasteiger partial charge in [-0.3, -0.25) is 0 Å². The van der Waals surface area contributed by atoms with Gasteiger partial charge in [0, 0.05) is 37.6 Å². The van der Waals surface area contributed by atoms with E-state index in [1.807, 2.05) is 6.92 Å². The Bertz CT molecular complexity index is 470. The largest absolute Gasteiger partial charge is 0.366 e. The fourth-order valence-electron chi connectivity index (χ4n) is 2.36. The van der Waals surface area contributed by atoms with Crippen LogP contribution in [-0.4, -0.2) is 42.9 Å². The van der Waals surface area contributed by atoms with Crippen LogP contribution in [0.4, 0.5) is 0 Å².